The predicted molar refractivity (Wildman–Crippen MR) is 114 cm³/mol. The van der Waals surface area contributed by atoms with Crippen molar-refractivity contribution in [2.24, 2.45) is 0 Å². The summed E-state index contributed by atoms with van der Waals surface area (Å²) in [5, 5.41) is 2.79. The minimum Gasteiger partial charge on any atom is -0.495 e. The Kier molecular flexibility index (Phi) is 8.33. The molecule has 0 aliphatic carbocycles. The summed E-state index contributed by atoms with van der Waals surface area (Å²) in [5.41, 5.74) is 1.41. The zero-order valence-electron chi connectivity index (χ0n) is 17.1. The number of amides is 1. The topological polar surface area (TPSA) is 84.9 Å². The van der Waals surface area contributed by atoms with Crippen molar-refractivity contribution in [3.63, 3.8) is 0 Å². The van der Waals surface area contributed by atoms with Crippen molar-refractivity contribution in [2.75, 3.05) is 37.4 Å². The van der Waals surface area contributed by atoms with E-state index in [4.69, 9.17) is 9.47 Å². The first-order valence-electron chi connectivity index (χ1n) is 9.45. The number of nitrogens with one attached hydrogen (secondary N) is 1. The molecular formula is C21H28N2O5S. The van der Waals surface area contributed by atoms with Crippen molar-refractivity contribution in [1.29, 1.82) is 0 Å². The molecular weight excluding hydrogens is 392 g/mol. The molecule has 29 heavy (non-hydrogen) atoms. The molecule has 0 radical (unpaired) electrons. The fourth-order valence-corrected chi connectivity index (χ4v) is 3.78. The molecule has 2 aromatic rings. The van der Waals surface area contributed by atoms with E-state index >= 15 is 0 Å². The Morgan fingerprint density at radius 2 is 1.72 bits per heavy atom. The van der Waals surface area contributed by atoms with Crippen LogP contribution in [-0.4, -0.2) is 47.4 Å². The van der Waals surface area contributed by atoms with Gasteiger partial charge in [-0.2, -0.15) is 0 Å². The van der Waals surface area contributed by atoms with E-state index in [0.717, 1.165) is 28.3 Å². The van der Waals surface area contributed by atoms with E-state index in [-0.39, 0.29) is 12.5 Å². The van der Waals surface area contributed by atoms with Crippen LogP contribution in [0.1, 0.15) is 18.9 Å². The summed E-state index contributed by atoms with van der Waals surface area (Å²) in [4.78, 5) is 12.4. The van der Waals surface area contributed by atoms with Crippen LogP contribution in [0.5, 0.6) is 11.5 Å². The van der Waals surface area contributed by atoms with Gasteiger partial charge in [-0.05, 0) is 43.5 Å². The third-order valence-corrected chi connectivity index (χ3v) is 5.39. The lowest BCUT2D eigenvalue weighted by molar-refractivity contribution is -0.119. The molecule has 0 aromatic heterocycles. The van der Waals surface area contributed by atoms with Crippen LogP contribution in [0.4, 0.5) is 5.69 Å². The molecule has 0 spiro atoms. The molecule has 0 aliphatic rings. The highest BCUT2D eigenvalue weighted by Gasteiger charge is 2.23. The minimum absolute atomic E-state index is 0.311. The third-order valence-electron chi connectivity index (χ3n) is 4.26. The maximum absolute atomic E-state index is 12.4. The lowest BCUT2D eigenvalue weighted by Gasteiger charge is -2.23. The lowest BCUT2D eigenvalue weighted by atomic mass is 10.1. The largest absolute Gasteiger partial charge is 0.495 e. The SMILES string of the molecule is CCOc1ccccc1CCCNC(=O)CN(c1ccccc1OC)S(C)(=O)=O. The predicted octanol–water partition coefficient (Wildman–Crippen LogP) is 2.61. The highest BCUT2D eigenvalue weighted by Crippen LogP contribution is 2.29. The van der Waals surface area contributed by atoms with Crippen LogP contribution in [0.25, 0.3) is 0 Å². The molecule has 1 amide bonds. The molecule has 0 aliphatic heterocycles. The summed E-state index contributed by atoms with van der Waals surface area (Å²) in [5.74, 6) is 0.860. The Morgan fingerprint density at radius 3 is 2.38 bits per heavy atom. The molecule has 158 valence electrons. The fraction of sp³-hybridized carbons (Fsp3) is 0.381. The van der Waals surface area contributed by atoms with Crippen LogP contribution < -0.4 is 19.1 Å². The highest BCUT2D eigenvalue weighted by atomic mass is 32.2. The van der Waals surface area contributed by atoms with Crippen molar-refractivity contribution >= 4 is 21.6 Å². The summed E-state index contributed by atoms with van der Waals surface area (Å²) in [7, 11) is -2.20. The van der Waals surface area contributed by atoms with Crippen molar-refractivity contribution in [1.82, 2.24) is 5.32 Å². The van der Waals surface area contributed by atoms with E-state index < -0.39 is 10.0 Å². The van der Waals surface area contributed by atoms with Gasteiger partial charge in [0.2, 0.25) is 15.9 Å². The van der Waals surface area contributed by atoms with E-state index in [0.29, 0.717) is 31.0 Å². The number of para-hydroxylation sites is 3. The van der Waals surface area contributed by atoms with Gasteiger partial charge in [0, 0.05) is 6.54 Å². The van der Waals surface area contributed by atoms with Crippen molar-refractivity contribution in [3.05, 3.63) is 54.1 Å². The first-order valence-corrected chi connectivity index (χ1v) is 11.3. The van der Waals surface area contributed by atoms with Gasteiger partial charge in [0.25, 0.3) is 0 Å². The van der Waals surface area contributed by atoms with Gasteiger partial charge in [0.15, 0.2) is 0 Å². The van der Waals surface area contributed by atoms with Gasteiger partial charge in [-0.1, -0.05) is 30.3 Å². The first-order chi connectivity index (χ1) is 13.9. The van der Waals surface area contributed by atoms with Gasteiger partial charge in [-0.15, -0.1) is 0 Å². The van der Waals surface area contributed by atoms with E-state index in [9.17, 15) is 13.2 Å². The van der Waals surface area contributed by atoms with E-state index in [1.165, 1.54) is 7.11 Å². The summed E-state index contributed by atoms with van der Waals surface area (Å²) in [6, 6.07) is 14.5. The maximum Gasteiger partial charge on any atom is 0.240 e. The molecule has 0 atom stereocenters. The lowest BCUT2D eigenvalue weighted by Crippen LogP contribution is -2.40. The average Bonchev–Trinajstić information content (AvgIpc) is 2.70. The number of methoxy groups -OCH3 is 1. The number of sulfonamides is 1. The van der Waals surface area contributed by atoms with Crippen molar-refractivity contribution in [2.45, 2.75) is 19.8 Å². The number of carbonyl (C=O) groups is 1. The van der Waals surface area contributed by atoms with Crippen LogP contribution in [0.2, 0.25) is 0 Å². The normalized spacial score (nSPS) is 11.0. The highest BCUT2D eigenvalue weighted by molar-refractivity contribution is 7.92. The summed E-state index contributed by atoms with van der Waals surface area (Å²) in [6.07, 6.45) is 2.53. The number of rotatable bonds is 11. The smallest absolute Gasteiger partial charge is 0.240 e. The third kappa shape index (κ3) is 6.67. The Labute approximate surface area is 172 Å². The molecule has 2 aromatic carbocycles. The molecule has 1 N–H and O–H groups in total. The number of nitrogens with zero attached hydrogens (tertiary/aromatic N) is 1. The van der Waals surface area contributed by atoms with Crippen LogP contribution in [0.15, 0.2) is 48.5 Å². The number of hydrogen-bond acceptors (Lipinski definition) is 5. The minimum atomic E-state index is -3.66. The first kappa shape index (κ1) is 22.5. The van der Waals surface area contributed by atoms with Gasteiger partial charge in [-0.25, -0.2) is 8.42 Å². The zero-order chi connectivity index (χ0) is 21.3. The maximum atomic E-state index is 12.4. The summed E-state index contributed by atoms with van der Waals surface area (Å²) in [6.45, 7) is 2.65. The molecule has 7 nitrogen and oxygen atoms in total. The van der Waals surface area contributed by atoms with Gasteiger partial charge < -0.3 is 14.8 Å². The Hall–Kier alpha value is -2.74. The van der Waals surface area contributed by atoms with Crippen molar-refractivity contribution in [3.8, 4) is 11.5 Å². The average molecular weight is 421 g/mol. The molecule has 0 saturated heterocycles. The Morgan fingerprint density at radius 1 is 1.07 bits per heavy atom. The summed E-state index contributed by atoms with van der Waals surface area (Å²) >= 11 is 0. The van der Waals surface area contributed by atoms with E-state index in [1.807, 2.05) is 31.2 Å². The molecule has 0 fully saturated rings. The number of hydrogen-bond donors (Lipinski definition) is 1. The quantitative estimate of drug-likeness (QED) is 0.565. The van der Waals surface area contributed by atoms with Gasteiger partial charge >= 0.3 is 0 Å². The molecule has 0 unspecified atom stereocenters. The number of benzene rings is 2. The van der Waals surface area contributed by atoms with Crippen LogP contribution in [0.3, 0.4) is 0 Å². The van der Waals surface area contributed by atoms with Gasteiger partial charge in [-0.3, -0.25) is 9.10 Å². The number of ether oxygens (including phenoxy) is 2. The van der Waals surface area contributed by atoms with Crippen LogP contribution in [-0.2, 0) is 21.2 Å². The molecule has 0 heterocycles. The second-order valence-electron chi connectivity index (χ2n) is 6.44. The van der Waals surface area contributed by atoms with Crippen LogP contribution >= 0.6 is 0 Å². The van der Waals surface area contributed by atoms with Crippen LogP contribution in [0, 0.1) is 0 Å². The number of anilines is 1. The van der Waals surface area contributed by atoms with Gasteiger partial charge in [0.1, 0.15) is 18.0 Å². The van der Waals surface area contributed by atoms with E-state index in [2.05, 4.69) is 5.32 Å². The Balaban J connectivity index is 1.94. The van der Waals surface area contributed by atoms with Crippen molar-refractivity contribution < 1.29 is 22.7 Å². The standard InChI is InChI=1S/C21H28N2O5S/c1-4-28-19-13-7-5-10-17(19)11-9-15-22-21(24)16-23(29(3,25)26)18-12-6-8-14-20(18)27-2/h5-8,10,12-14H,4,9,11,15-16H2,1-3H3,(H,22,24). The molecule has 0 saturated carbocycles. The second-order valence-corrected chi connectivity index (χ2v) is 8.34. The fourth-order valence-electron chi connectivity index (χ4n) is 2.92. The number of aryl methyl sites for hydroxylation is 1. The Bertz CT molecular complexity index is 915. The van der Waals surface area contributed by atoms with E-state index in [1.54, 1.807) is 24.3 Å². The molecule has 8 heteroatoms. The monoisotopic (exact) mass is 420 g/mol. The summed E-state index contributed by atoms with van der Waals surface area (Å²) < 4.78 is 36.3. The number of carbonyl (C=O) groups excluding carboxylic acids is 1. The zero-order valence-corrected chi connectivity index (χ0v) is 17.9. The second kappa shape index (κ2) is 10.7. The van der Waals surface area contributed by atoms with Gasteiger partial charge in [0.05, 0.1) is 25.7 Å². The molecule has 2 rings (SSSR count). The molecule has 0 bridgehead atoms.